The number of benzene rings is 1. The van der Waals surface area contributed by atoms with Crippen LogP contribution in [0.5, 0.6) is 0 Å². The largest absolute Gasteiger partial charge is 0.481 e. The van der Waals surface area contributed by atoms with Crippen molar-refractivity contribution in [1.82, 2.24) is 0 Å². The molecule has 3 heteroatoms. The molecule has 0 saturated carbocycles. The van der Waals surface area contributed by atoms with Crippen molar-refractivity contribution in [2.45, 2.75) is 19.3 Å². The molecule has 0 spiro atoms. The first-order chi connectivity index (χ1) is 8.24. The number of aliphatic carboxylic acids is 1. The predicted octanol–water partition coefficient (Wildman–Crippen LogP) is 3.16. The number of aryl methyl sites for hydroxylation is 2. The highest BCUT2D eigenvalue weighted by Gasteiger charge is 2.04. The Kier molecular flexibility index (Phi) is 3.94. The van der Waals surface area contributed by atoms with Crippen molar-refractivity contribution in [1.29, 1.82) is 0 Å². The smallest absolute Gasteiger partial charge is 0.308 e. The molecule has 2 nitrogen and oxygen atoms in total. The molecule has 17 heavy (non-hydrogen) atoms. The number of carboxylic acid groups (broad SMARTS) is 1. The molecule has 1 aromatic heterocycles. The standard InChI is InChI=1S/C14H14O2S/c15-14(16)10-13-9-8-12(17-13)7-6-11-4-2-1-3-5-11/h1-5,8-9H,6-7,10H2,(H,15,16). The summed E-state index contributed by atoms with van der Waals surface area (Å²) >= 11 is 1.60. The third-order valence-corrected chi connectivity index (χ3v) is 3.69. The Morgan fingerprint density at radius 1 is 1.00 bits per heavy atom. The molecule has 0 radical (unpaired) electrons. The van der Waals surface area contributed by atoms with Crippen LogP contribution in [-0.4, -0.2) is 11.1 Å². The van der Waals surface area contributed by atoms with Crippen LogP contribution < -0.4 is 0 Å². The van der Waals surface area contributed by atoms with Gasteiger partial charge in [-0.3, -0.25) is 4.79 Å². The minimum atomic E-state index is -0.763. The summed E-state index contributed by atoms with van der Waals surface area (Å²) in [5, 5.41) is 8.69. The molecule has 0 amide bonds. The highest BCUT2D eigenvalue weighted by Crippen LogP contribution is 2.19. The van der Waals surface area contributed by atoms with Gasteiger partial charge in [0.25, 0.3) is 0 Å². The van der Waals surface area contributed by atoms with Gasteiger partial charge in [0.05, 0.1) is 6.42 Å². The Bertz CT molecular complexity index is 488. The van der Waals surface area contributed by atoms with Crippen molar-refractivity contribution in [3.8, 4) is 0 Å². The van der Waals surface area contributed by atoms with Crippen LogP contribution in [0, 0.1) is 0 Å². The maximum absolute atomic E-state index is 10.6. The molecule has 0 aliphatic rings. The topological polar surface area (TPSA) is 37.3 Å². The highest BCUT2D eigenvalue weighted by atomic mass is 32.1. The van der Waals surface area contributed by atoms with Crippen LogP contribution in [0.25, 0.3) is 0 Å². The third kappa shape index (κ3) is 3.71. The second-order valence-corrected chi connectivity index (χ2v) is 5.18. The molecule has 0 atom stereocenters. The number of rotatable bonds is 5. The fraction of sp³-hybridized carbons (Fsp3) is 0.214. The van der Waals surface area contributed by atoms with Gasteiger partial charge in [-0.2, -0.15) is 0 Å². The second-order valence-electron chi connectivity index (χ2n) is 3.92. The van der Waals surface area contributed by atoms with Gasteiger partial charge >= 0.3 is 5.97 Å². The van der Waals surface area contributed by atoms with Gasteiger partial charge in [0.1, 0.15) is 0 Å². The van der Waals surface area contributed by atoms with E-state index in [4.69, 9.17) is 5.11 Å². The highest BCUT2D eigenvalue weighted by molar-refractivity contribution is 7.12. The SMILES string of the molecule is O=C(O)Cc1ccc(CCc2ccccc2)s1. The first-order valence-corrected chi connectivity index (χ1v) is 6.39. The number of thiophene rings is 1. The molecule has 1 aromatic carbocycles. The van der Waals surface area contributed by atoms with Crippen LogP contribution in [0.1, 0.15) is 15.3 Å². The number of hydrogen-bond acceptors (Lipinski definition) is 2. The zero-order chi connectivity index (χ0) is 12.1. The van der Waals surface area contributed by atoms with E-state index < -0.39 is 5.97 Å². The molecular formula is C14H14O2S. The van der Waals surface area contributed by atoms with E-state index in [2.05, 4.69) is 12.1 Å². The van der Waals surface area contributed by atoms with Crippen LogP contribution in [0.3, 0.4) is 0 Å². The summed E-state index contributed by atoms with van der Waals surface area (Å²) in [6, 6.07) is 14.3. The molecule has 0 aliphatic heterocycles. The Hall–Kier alpha value is -1.61. The van der Waals surface area contributed by atoms with Gasteiger partial charge in [0.15, 0.2) is 0 Å². The fourth-order valence-corrected chi connectivity index (χ4v) is 2.72. The maximum atomic E-state index is 10.6. The van der Waals surface area contributed by atoms with Gasteiger partial charge < -0.3 is 5.11 Å². The third-order valence-electron chi connectivity index (χ3n) is 2.55. The van der Waals surface area contributed by atoms with Crippen molar-refractivity contribution in [3.63, 3.8) is 0 Å². The van der Waals surface area contributed by atoms with Crippen molar-refractivity contribution < 1.29 is 9.90 Å². The van der Waals surface area contributed by atoms with E-state index in [1.54, 1.807) is 11.3 Å². The van der Waals surface area contributed by atoms with Crippen LogP contribution in [0.15, 0.2) is 42.5 Å². The lowest BCUT2D eigenvalue weighted by Crippen LogP contribution is -1.97. The van der Waals surface area contributed by atoms with Gasteiger partial charge in [-0.1, -0.05) is 30.3 Å². The summed E-state index contributed by atoms with van der Waals surface area (Å²) in [4.78, 5) is 12.7. The minimum Gasteiger partial charge on any atom is -0.481 e. The minimum absolute atomic E-state index is 0.135. The lowest BCUT2D eigenvalue weighted by atomic mass is 10.1. The zero-order valence-corrected chi connectivity index (χ0v) is 10.2. The molecule has 1 N–H and O–H groups in total. The lowest BCUT2D eigenvalue weighted by molar-refractivity contribution is -0.136. The van der Waals surface area contributed by atoms with E-state index in [1.807, 2.05) is 30.3 Å². The van der Waals surface area contributed by atoms with Gasteiger partial charge in [-0.15, -0.1) is 11.3 Å². The average Bonchev–Trinajstić information content (AvgIpc) is 2.75. The van der Waals surface area contributed by atoms with E-state index >= 15 is 0 Å². The summed E-state index contributed by atoms with van der Waals surface area (Å²) < 4.78 is 0. The molecule has 0 fully saturated rings. The quantitative estimate of drug-likeness (QED) is 0.880. The molecule has 2 rings (SSSR count). The summed E-state index contributed by atoms with van der Waals surface area (Å²) in [5.74, 6) is -0.763. The van der Waals surface area contributed by atoms with E-state index in [9.17, 15) is 4.79 Å². The fourth-order valence-electron chi connectivity index (χ4n) is 1.71. The predicted molar refractivity (Wildman–Crippen MR) is 69.5 cm³/mol. The zero-order valence-electron chi connectivity index (χ0n) is 9.43. The molecule has 1 heterocycles. The van der Waals surface area contributed by atoms with Gasteiger partial charge in [0, 0.05) is 9.75 Å². The molecule has 88 valence electrons. The maximum Gasteiger partial charge on any atom is 0.308 e. The van der Waals surface area contributed by atoms with Gasteiger partial charge in [-0.05, 0) is 30.5 Å². The monoisotopic (exact) mass is 246 g/mol. The van der Waals surface area contributed by atoms with E-state index in [1.165, 1.54) is 10.4 Å². The average molecular weight is 246 g/mol. The van der Waals surface area contributed by atoms with Crippen LogP contribution in [0.4, 0.5) is 0 Å². The van der Waals surface area contributed by atoms with Crippen LogP contribution >= 0.6 is 11.3 Å². The van der Waals surface area contributed by atoms with E-state index in [0.717, 1.165) is 17.7 Å². The van der Waals surface area contributed by atoms with Crippen molar-refractivity contribution in [3.05, 3.63) is 57.8 Å². The van der Waals surface area contributed by atoms with Gasteiger partial charge in [0.2, 0.25) is 0 Å². The first kappa shape index (κ1) is 11.9. The van der Waals surface area contributed by atoms with E-state index in [0.29, 0.717) is 0 Å². The summed E-state index contributed by atoms with van der Waals surface area (Å²) in [7, 11) is 0. The molecule has 0 saturated heterocycles. The van der Waals surface area contributed by atoms with Crippen LogP contribution in [0.2, 0.25) is 0 Å². The second kappa shape index (κ2) is 5.64. The normalized spacial score (nSPS) is 10.4. The Balaban J connectivity index is 1.91. The van der Waals surface area contributed by atoms with Crippen molar-refractivity contribution in [2.75, 3.05) is 0 Å². The Morgan fingerprint density at radius 3 is 2.41 bits per heavy atom. The summed E-state index contributed by atoms with van der Waals surface area (Å²) in [6.07, 6.45) is 2.12. The number of carboxylic acids is 1. The van der Waals surface area contributed by atoms with E-state index in [-0.39, 0.29) is 6.42 Å². The van der Waals surface area contributed by atoms with Crippen molar-refractivity contribution in [2.24, 2.45) is 0 Å². The molecule has 0 bridgehead atoms. The first-order valence-electron chi connectivity index (χ1n) is 5.57. The molecule has 0 unspecified atom stereocenters. The molecule has 2 aromatic rings. The Morgan fingerprint density at radius 2 is 1.71 bits per heavy atom. The van der Waals surface area contributed by atoms with Gasteiger partial charge in [-0.25, -0.2) is 0 Å². The summed E-state index contributed by atoms with van der Waals surface area (Å²) in [5.41, 5.74) is 1.32. The molecular weight excluding hydrogens is 232 g/mol. The Labute approximate surface area is 105 Å². The summed E-state index contributed by atoms with van der Waals surface area (Å²) in [6.45, 7) is 0. The number of carbonyl (C=O) groups is 1. The van der Waals surface area contributed by atoms with Crippen molar-refractivity contribution >= 4 is 17.3 Å². The lowest BCUT2D eigenvalue weighted by Gasteiger charge is -1.98. The molecule has 0 aliphatic carbocycles. The number of hydrogen-bond donors (Lipinski definition) is 1. The van der Waals surface area contributed by atoms with Crippen LogP contribution in [-0.2, 0) is 24.1 Å².